The van der Waals surface area contributed by atoms with Crippen LogP contribution in [0.15, 0.2) is 0 Å². The summed E-state index contributed by atoms with van der Waals surface area (Å²) < 4.78 is 6.54. The molecule has 2 atom stereocenters. The minimum Gasteiger partial charge on any atom is -0.414 e. The van der Waals surface area contributed by atoms with Gasteiger partial charge in [0.15, 0.2) is 8.32 Å². The standard InChI is InChI=1S/C13H30OSi2/c1-12-9-7-8-10-13(12)14-16(5,6)11-15(2,3)4/h12-13H,7-11H2,1-6H3. The maximum atomic E-state index is 6.54. The minimum atomic E-state index is -1.41. The van der Waals surface area contributed by atoms with E-state index < -0.39 is 16.4 Å². The Hall–Kier alpha value is 0.394. The molecular weight excluding hydrogens is 228 g/mol. The lowest BCUT2D eigenvalue weighted by Crippen LogP contribution is -2.44. The Bertz CT molecular complexity index is 220. The molecule has 0 aliphatic heterocycles. The third-order valence-electron chi connectivity index (χ3n) is 3.46. The van der Waals surface area contributed by atoms with E-state index in [1.165, 1.54) is 31.4 Å². The van der Waals surface area contributed by atoms with Crippen LogP contribution in [0, 0.1) is 5.92 Å². The SMILES string of the molecule is CC1CCCCC1O[Si](C)(C)C[Si](C)(C)C. The van der Waals surface area contributed by atoms with E-state index in [-0.39, 0.29) is 0 Å². The summed E-state index contributed by atoms with van der Waals surface area (Å²) in [5, 5.41) is 0. The van der Waals surface area contributed by atoms with E-state index in [2.05, 4.69) is 39.7 Å². The minimum absolute atomic E-state index is 0.576. The predicted octanol–water partition coefficient (Wildman–Crippen LogP) is 4.66. The molecule has 1 aliphatic carbocycles. The van der Waals surface area contributed by atoms with Crippen LogP contribution in [0.25, 0.3) is 0 Å². The van der Waals surface area contributed by atoms with Gasteiger partial charge in [-0.1, -0.05) is 39.4 Å². The van der Waals surface area contributed by atoms with E-state index in [4.69, 9.17) is 4.43 Å². The van der Waals surface area contributed by atoms with Gasteiger partial charge in [0.2, 0.25) is 0 Å². The first-order valence-corrected chi connectivity index (χ1v) is 13.7. The number of rotatable bonds is 4. The van der Waals surface area contributed by atoms with Crippen LogP contribution in [0.4, 0.5) is 0 Å². The fourth-order valence-electron chi connectivity index (χ4n) is 3.19. The number of hydrogen-bond donors (Lipinski definition) is 0. The van der Waals surface area contributed by atoms with E-state index in [0.29, 0.717) is 6.10 Å². The van der Waals surface area contributed by atoms with Gasteiger partial charge in [0.05, 0.1) is 0 Å². The molecule has 0 aromatic carbocycles. The summed E-state index contributed by atoms with van der Waals surface area (Å²) in [5.74, 6) is 0.794. The van der Waals surface area contributed by atoms with Crippen molar-refractivity contribution >= 4 is 16.4 Å². The largest absolute Gasteiger partial charge is 0.414 e. The number of hydrogen-bond acceptors (Lipinski definition) is 1. The quantitative estimate of drug-likeness (QED) is 0.666. The van der Waals surface area contributed by atoms with Crippen molar-refractivity contribution in [2.45, 2.75) is 77.1 Å². The predicted molar refractivity (Wildman–Crippen MR) is 78.1 cm³/mol. The lowest BCUT2D eigenvalue weighted by Gasteiger charge is -2.38. The van der Waals surface area contributed by atoms with Crippen LogP contribution in [0.1, 0.15) is 32.6 Å². The molecule has 0 aromatic rings. The molecule has 1 rings (SSSR count). The summed E-state index contributed by atoms with van der Waals surface area (Å²) in [7, 11) is -2.37. The van der Waals surface area contributed by atoms with Crippen molar-refractivity contribution in [3.63, 3.8) is 0 Å². The fraction of sp³-hybridized carbons (Fsp3) is 1.00. The van der Waals surface area contributed by atoms with Crippen LogP contribution < -0.4 is 0 Å². The lowest BCUT2D eigenvalue weighted by atomic mass is 9.88. The maximum absolute atomic E-state index is 6.54. The van der Waals surface area contributed by atoms with E-state index in [0.717, 1.165) is 5.92 Å². The molecule has 3 heteroatoms. The summed E-state index contributed by atoms with van der Waals surface area (Å²) in [6.07, 6.45) is 6.06. The Balaban J connectivity index is 2.50. The van der Waals surface area contributed by atoms with Crippen molar-refractivity contribution < 1.29 is 4.43 Å². The zero-order valence-electron chi connectivity index (χ0n) is 12.1. The maximum Gasteiger partial charge on any atom is 0.184 e. The molecule has 2 unspecified atom stereocenters. The van der Waals surface area contributed by atoms with Gasteiger partial charge in [-0.3, -0.25) is 0 Å². The lowest BCUT2D eigenvalue weighted by molar-refractivity contribution is 0.0951. The highest BCUT2D eigenvalue weighted by Crippen LogP contribution is 2.31. The summed E-state index contributed by atoms with van der Waals surface area (Å²) in [6.45, 7) is 14.6. The molecule has 1 nitrogen and oxygen atoms in total. The van der Waals surface area contributed by atoms with Gasteiger partial charge in [-0.15, -0.1) is 0 Å². The third kappa shape index (κ3) is 5.15. The highest BCUT2D eigenvalue weighted by Gasteiger charge is 2.34. The van der Waals surface area contributed by atoms with Crippen molar-refractivity contribution in [1.29, 1.82) is 0 Å². The van der Waals surface area contributed by atoms with Crippen LogP contribution in [-0.2, 0) is 4.43 Å². The Kier molecular flexibility index (Phi) is 4.84. The molecule has 16 heavy (non-hydrogen) atoms. The van der Waals surface area contributed by atoms with Gasteiger partial charge in [-0.2, -0.15) is 0 Å². The molecule has 1 fully saturated rings. The molecule has 0 spiro atoms. The van der Waals surface area contributed by atoms with Gasteiger partial charge >= 0.3 is 0 Å². The first-order chi connectivity index (χ1) is 7.20. The first kappa shape index (κ1) is 14.5. The molecule has 0 bridgehead atoms. The van der Waals surface area contributed by atoms with Crippen molar-refractivity contribution in [1.82, 2.24) is 0 Å². The molecule has 0 amide bonds. The van der Waals surface area contributed by atoms with E-state index >= 15 is 0 Å². The van der Waals surface area contributed by atoms with Gasteiger partial charge in [0.25, 0.3) is 0 Å². The Labute approximate surface area is 104 Å². The zero-order chi connectivity index (χ0) is 12.4. The van der Waals surface area contributed by atoms with E-state index in [1.54, 1.807) is 0 Å². The Morgan fingerprint density at radius 1 is 1.00 bits per heavy atom. The molecule has 1 aliphatic rings. The van der Waals surface area contributed by atoms with Crippen LogP contribution in [0.5, 0.6) is 0 Å². The molecule has 0 heterocycles. The second-order valence-electron chi connectivity index (χ2n) is 7.42. The fourth-order valence-corrected chi connectivity index (χ4v) is 14.9. The van der Waals surface area contributed by atoms with Crippen molar-refractivity contribution in [2.75, 3.05) is 0 Å². The summed E-state index contributed by atoms with van der Waals surface area (Å²) >= 11 is 0. The van der Waals surface area contributed by atoms with Gasteiger partial charge in [-0.25, -0.2) is 0 Å². The Morgan fingerprint density at radius 3 is 2.06 bits per heavy atom. The smallest absolute Gasteiger partial charge is 0.184 e. The van der Waals surface area contributed by atoms with E-state index in [9.17, 15) is 0 Å². The Morgan fingerprint density at radius 2 is 1.56 bits per heavy atom. The van der Waals surface area contributed by atoms with Crippen molar-refractivity contribution in [3.05, 3.63) is 0 Å². The highest BCUT2D eigenvalue weighted by molar-refractivity contribution is 6.92. The van der Waals surface area contributed by atoms with Gasteiger partial charge in [0, 0.05) is 14.2 Å². The molecule has 0 radical (unpaired) electrons. The van der Waals surface area contributed by atoms with Crippen LogP contribution in [0.2, 0.25) is 38.4 Å². The van der Waals surface area contributed by atoms with Crippen molar-refractivity contribution in [2.24, 2.45) is 5.92 Å². The first-order valence-electron chi connectivity index (χ1n) is 6.87. The molecule has 96 valence electrons. The van der Waals surface area contributed by atoms with Gasteiger partial charge in [0.1, 0.15) is 0 Å². The molecule has 0 N–H and O–H groups in total. The second kappa shape index (κ2) is 5.36. The van der Waals surface area contributed by atoms with E-state index in [1.807, 2.05) is 0 Å². The van der Waals surface area contributed by atoms with Gasteiger partial charge < -0.3 is 4.43 Å². The molecule has 0 saturated heterocycles. The van der Waals surface area contributed by atoms with Gasteiger partial charge in [-0.05, 0) is 37.5 Å². The summed E-state index contributed by atoms with van der Waals surface area (Å²) in [5.41, 5.74) is 1.41. The van der Waals surface area contributed by atoms with Crippen LogP contribution in [-0.4, -0.2) is 22.5 Å². The van der Waals surface area contributed by atoms with Crippen LogP contribution in [0.3, 0.4) is 0 Å². The van der Waals surface area contributed by atoms with Crippen LogP contribution >= 0.6 is 0 Å². The molecular formula is C13H30OSi2. The molecule has 1 saturated carbocycles. The average Bonchev–Trinajstić information content (AvgIpc) is 2.04. The summed E-state index contributed by atoms with van der Waals surface area (Å²) in [4.78, 5) is 0. The molecule has 0 aromatic heterocycles. The highest BCUT2D eigenvalue weighted by atomic mass is 28.4. The third-order valence-corrected chi connectivity index (χ3v) is 12.0. The average molecular weight is 259 g/mol. The zero-order valence-corrected chi connectivity index (χ0v) is 14.1. The topological polar surface area (TPSA) is 9.23 Å². The normalized spacial score (nSPS) is 28.1. The second-order valence-corrected chi connectivity index (χ2v) is 17.7. The summed E-state index contributed by atoms with van der Waals surface area (Å²) in [6, 6.07) is 0. The monoisotopic (exact) mass is 258 g/mol. The van der Waals surface area contributed by atoms with Crippen molar-refractivity contribution in [3.8, 4) is 0 Å².